The van der Waals surface area contributed by atoms with Crippen molar-refractivity contribution in [2.24, 2.45) is 0 Å². The van der Waals surface area contributed by atoms with Crippen molar-refractivity contribution in [1.82, 2.24) is 10.6 Å². The first-order chi connectivity index (χ1) is 18.7. The normalized spacial score (nSPS) is 11.4. The van der Waals surface area contributed by atoms with E-state index >= 15 is 0 Å². The highest BCUT2D eigenvalue weighted by atomic mass is 16.2. The molecule has 0 fully saturated rings. The van der Waals surface area contributed by atoms with Gasteiger partial charge >= 0.3 is 0 Å². The molecule has 0 heterocycles. The van der Waals surface area contributed by atoms with Gasteiger partial charge in [0.15, 0.2) is 0 Å². The maximum atomic E-state index is 13.0. The van der Waals surface area contributed by atoms with E-state index in [0.717, 1.165) is 34.5 Å². The van der Waals surface area contributed by atoms with E-state index in [1.807, 2.05) is 116 Å². The van der Waals surface area contributed by atoms with Crippen LogP contribution in [0.25, 0.3) is 11.1 Å². The van der Waals surface area contributed by atoms with Crippen LogP contribution in [0.15, 0.2) is 109 Å². The number of carbonyl (C=O) groups excluding carboxylic acids is 2. The van der Waals surface area contributed by atoms with Crippen molar-refractivity contribution in [3.8, 4) is 11.1 Å². The monoisotopic (exact) mass is 506 g/mol. The molecule has 0 aliphatic carbocycles. The summed E-state index contributed by atoms with van der Waals surface area (Å²) in [6.07, 6.45) is 0.894. The molecule has 1 atom stereocenters. The smallest absolute Gasteiger partial charge is 0.256 e. The van der Waals surface area contributed by atoms with Crippen LogP contribution in [0.1, 0.15) is 35.3 Å². The van der Waals surface area contributed by atoms with Crippen LogP contribution in [0.3, 0.4) is 0 Å². The molecule has 0 spiro atoms. The van der Waals surface area contributed by atoms with E-state index in [1.165, 1.54) is 0 Å². The second-order valence-corrected chi connectivity index (χ2v) is 8.96. The lowest BCUT2D eigenvalue weighted by molar-refractivity contribution is -0.123. The summed E-state index contributed by atoms with van der Waals surface area (Å²) in [5.41, 5.74) is 5.12. The average molecular weight is 507 g/mol. The molecule has 0 bridgehead atoms. The first kappa shape index (κ1) is 26.6. The predicted octanol–water partition coefficient (Wildman–Crippen LogP) is 5.87. The molecule has 0 aromatic heterocycles. The van der Waals surface area contributed by atoms with Crippen LogP contribution in [-0.2, 0) is 4.79 Å². The summed E-state index contributed by atoms with van der Waals surface area (Å²) in [4.78, 5) is 25.7. The van der Waals surface area contributed by atoms with Gasteiger partial charge in [0.2, 0.25) is 5.91 Å². The van der Waals surface area contributed by atoms with Crippen molar-refractivity contribution in [3.05, 3.63) is 120 Å². The van der Waals surface area contributed by atoms with Crippen molar-refractivity contribution in [1.29, 1.82) is 0 Å². The van der Waals surface area contributed by atoms with Crippen molar-refractivity contribution in [3.63, 3.8) is 0 Å². The summed E-state index contributed by atoms with van der Waals surface area (Å²) in [6.45, 7) is 3.94. The Morgan fingerprint density at radius 2 is 1.32 bits per heavy atom. The van der Waals surface area contributed by atoms with Gasteiger partial charge in [-0.15, -0.1) is 0 Å². The highest BCUT2D eigenvalue weighted by Gasteiger charge is 2.19. The Morgan fingerprint density at radius 3 is 2.03 bits per heavy atom. The summed E-state index contributed by atoms with van der Waals surface area (Å²) in [6, 6.07) is 34.5. The molecule has 4 rings (SSSR count). The summed E-state index contributed by atoms with van der Waals surface area (Å²) >= 11 is 0. The van der Waals surface area contributed by atoms with Crippen molar-refractivity contribution < 1.29 is 9.59 Å². The van der Waals surface area contributed by atoms with E-state index in [9.17, 15) is 9.59 Å². The van der Waals surface area contributed by atoms with E-state index in [1.54, 1.807) is 0 Å². The van der Waals surface area contributed by atoms with E-state index < -0.39 is 6.04 Å². The Labute approximate surface area is 224 Å². The lowest BCUT2D eigenvalue weighted by Gasteiger charge is -2.19. The molecular formula is C32H34N4O2. The Kier molecular flexibility index (Phi) is 9.65. The van der Waals surface area contributed by atoms with Crippen molar-refractivity contribution in [2.75, 3.05) is 30.3 Å². The first-order valence-electron chi connectivity index (χ1n) is 13.0. The molecule has 0 radical (unpaired) electrons. The number of benzene rings is 4. The third kappa shape index (κ3) is 7.31. The molecule has 6 heteroatoms. The number of rotatable bonds is 12. The summed E-state index contributed by atoms with van der Waals surface area (Å²) < 4.78 is 0. The minimum absolute atomic E-state index is 0.0213. The fourth-order valence-corrected chi connectivity index (χ4v) is 4.20. The molecule has 4 aromatic carbocycles. The second-order valence-electron chi connectivity index (χ2n) is 8.96. The Hall–Kier alpha value is -4.42. The second kappa shape index (κ2) is 13.8. The molecule has 1 unspecified atom stereocenters. The quantitative estimate of drug-likeness (QED) is 0.181. The molecule has 38 heavy (non-hydrogen) atoms. The van der Waals surface area contributed by atoms with Crippen molar-refractivity contribution >= 4 is 23.2 Å². The zero-order chi connectivity index (χ0) is 26.6. The van der Waals surface area contributed by atoms with Gasteiger partial charge in [-0.25, -0.2) is 0 Å². The van der Waals surface area contributed by atoms with Gasteiger partial charge in [0, 0.05) is 36.6 Å². The molecule has 4 aromatic rings. The molecule has 194 valence electrons. The standard InChI is InChI=1S/C32H34N4O2/c1-2-21-35-32(38)30(25-13-7-4-8-14-25)34-23-22-33-26-17-19-27(20-18-26)36-31(37)29-16-10-9-15-28(29)24-11-5-3-6-12-24/h3-20,30,33-34H,2,21-23H2,1H3,(H,35,38)(H,36,37). The lowest BCUT2D eigenvalue weighted by Crippen LogP contribution is -2.39. The van der Waals surface area contributed by atoms with Gasteiger partial charge in [-0.1, -0.05) is 85.8 Å². The minimum atomic E-state index is -0.402. The minimum Gasteiger partial charge on any atom is -0.384 e. The third-order valence-corrected chi connectivity index (χ3v) is 6.15. The fourth-order valence-electron chi connectivity index (χ4n) is 4.20. The number of hydrogen-bond acceptors (Lipinski definition) is 4. The maximum Gasteiger partial charge on any atom is 0.256 e. The van der Waals surface area contributed by atoms with Gasteiger partial charge in [-0.2, -0.15) is 0 Å². The maximum absolute atomic E-state index is 13.0. The van der Waals surface area contributed by atoms with Crippen molar-refractivity contribution in [2.45, 2.75) is 19.4 Å². The molecule has 2 amide bonds. The van der Waals surface area contributed by atoms with Gasteiger partial charge in [0.05, 0.1) is 0 Å². The van der Waals surface area contributed by atoms with Gasteiger partial charge in [-0.05, 0) is 53.4 Å². The van der Waals surface area contributed by atoms with Gasteiger partial charge < -0.3 is 21.3 Å². The molecule has 0 saturated heterocycles. The molecular weight excluding hydrogens is 472 g/mol. The van der Waals surface area contributed by atoms with Crippen LogP contribution in [0.4, 0.5) is 11.4 Å². The summed E-state index contributed by atoms with van der Waals surface area (Å²) in [7, 11) is 0. The van der Waals surface area contributed by atoms with E-state index in [-0.39, 0.29) is 11.8 Å². The fraction of sp³-hybridized carbons (Fsp3) is 0.188. The molecule has 0 aliphatic heterocycles. The Bertz CT molecular complexity index is 1310. The Balaban J connectivity index is 1.31. The molecule has 0 saturated carbocycles. The number of nitrogens with one attached hydrogen (secondary N) is 4. The van der Waals surface area contributed by atoms with E-state index in [2.05, 4.69) is 21.3 Å². The summed E-state index contributed by atoms with van der Waals surface area (Å²) in [5.74, 6) is -0.172. The van der Waals surface area contributed by atoms with Gasteiger partial charge in [0.1, 0.15) is 6.04 Å². The first-order valence-corrected chi connectivity index (χ1v) is 13.0. The average Bonchev–Trinajstić information content (AvgIpc) is 2.97. The largest absolute Gasteiger partial charge is 0.384 e. The topological polar surface area (TPSA) is 82.3 Å². The number of anilines is 2. The molecule has 4 N–H and O–H groups in total. The highest BCUT2D eigenvalue weighted by molar-refractivity contribution is 6.08. The van der Waals surface area contributed by atoms with E-state index in [4.69, 9.17) is 0 Å². The third-order valence-electron chi connectivity index (χ3n) is 6.15. The lowest BCUT2D eigenvalue weighted by atomic mass is 9.99. The van der Waals surface area contributed by atoms with Crippen LogP contribution < -0.4 is 21.3 Å². The van der Waals surface area contributed by atoms with Gasteiger partial charge in [0.25, 0.3) is 5.91 Å². The van der Waals surface area contributed by atoms with Crippen LogP contribution in [0.5, 0.6) is 0 Å². The van der Waals surface area contributed by atoms with E-state index in [0.29, 0.717) is 25.2 Å². The number of carbonyl (C=O) groups is 2. The zero-order valence-corrected chi connectivity index (χ0v) is 21.6. The Morgan fingerprint density at radius 1 is 0.684 bits per heavy atom. The highest BCUT2D eigenvalue weighted by Crippen LogP contribution is 2.24. The van der Waals surface area contributed by atoms with Gasteiger partial charge in [-0.3, -0.25) is 9.59 Å². The van der Waals surface area contributed by atoms with Crippen LogP contribution in [0.2, 0.25) is 0 Å². The van der Waals surface area contributed by atoms with Crippen LogP contribution in [0, 0.1) is 0 Å². The SMILES string of the molecule is CCCNC(=O)C(NCCNc1ccc(NC(=O)c2ccccc2-c2ccccc2)cc1)c1ccccc1. The number of amides is 2. The molecule has 0 aliphatic rings. The van der Waals surface area contributed by atoms with Crippen LogP contribution >= 0.6 is 0 Å². The van der Waals surface area contributed by atoms with Crippen LogP contribution in [-0.4, -0.2) is 31.4 Å². The predicted molar refractivity (Wildman–Crippen MR) is 155 cm³/mol. The zero-order valence-electron chi connectivity index (χ0n) is 21.6. The molecule has 6 nitrogen and oxygen atoms in total. The number of hydrogen-bond donors (Lipinski definition) is 4. The summed E-state index contributed by atoms with van der Waals surface area (Å²) in [5, 5.41) is 12.7.